The Balaban J connectivity index is 1.29. The summed E-state index contributed by atoms with van der Waals surface area (Å²) < 4.78 is 1.81. The minimum atomic E-state index is -0.273. The first-order chi connectivity index (χ1) is 18.5. The second kappa shape index (κ2) is 11.0. The molecule has 0 aliphatic carbocycles. The Bertz CT molecular complexity index is 1560. The van der Waals surface area contributed by atoms with Crippen molar-refractivity contribution < 1.29 is 9.59 Å². The third-order valence-electron chi connectivity index (χ3n) is 6.28. The molecule has 0 fully saturated rings. The van der Waals surface area contributed by atoms with E-state index in [1.54, 1.807) is 24.3 Å². The van der Waals surface area contributed by atoms with Gasteiger partial charge in [0.25, 0.3) is 11.8 Å². The zero-order chi connectivity index (χ0) is 26.5. The summed E-state index contributed by atoms with van der Waals surface area (Å²) in [4.78, 5) is 36.1. The van der Waals surface area contributed by atoms with Gasteiger partial charge in [-0.1, -0.05) is 60.7 Å². The van der Waals surface area contributed by atoms with Crippen molar-refractivity contribution in [3.05, 3.63) is 125 Å². The van der Waals surface area contributed by atoms with E-state index in [2.05, 4.69) is 20.4 Å². The largest absolute Gasteiger partial charge is 0.345 e. The third kappa shape index (κ3) is 5.59. The molecule has 0 spiro atoms. The lowest BCUT2D eigenvalue weighted by Gasteiger charge is -2.17. The van der Waals surface area contributed by atoms with Gasteiger partial charge < -0.3 is 10.2 Å². The number of rotatable bonds is 8. The zero-order valence-corrected chi connectivity index (χ0v) is 21.3. The quantitative estimate of drug-likeness (QED) is 0.338. The number of amides is 2. The van der Waals surface area contributed by atoms with E-state index in [1.165, 1.54) is 0 Å². The van der Waals surface area contributed by atoms with Crippen molar-refractivity contribution in [1.82, 2.24) is 30.0 Å². The van der Waals surface area contributed by atoms with E-state index in [0.717, 1.165) is 27.7 Å². The zero-order valence-electron chi connectivity index (χ0n) is 21.3. The third-order valence-corrected chi connectivity index (χ3v) is 6.28. The van der Waals surface area contributed by atoms with E-state index >= 15 is 0 Å². The maximum atomic E-state index is 13.0. The second-order valence-corrected chi connectivity index (χ2v) is 9.20. The van der Waals surface area contributed by atoms with Crippen LogP contribution >= 0.6 is 0 Å². The Morgan fingerprint density at radius 3 is 2.34 bits per heavy atom. The van der Waals surface area contributed by atoms with Gasteiger partial charge in [-0.05, 0) is 36.2 Å². The first-order valence-corrected chi connectivity index (χ1v) is 12.4. The van der Waals surface area contributed by atoms with Crippen molar-refractivity contribution in [3.8, 4) is 0 Å². The average molecular weight is 505 g/mol. The van der Waals surface area contributed by atoms with E-state index < -0.39 is 0 Å². The molecule has 8 heteroatoms. The molecule has 0 radical (unpaired) electrons. The van der Waals surface area contributed by atoms with Gasteiger partial charge >= 0.3 is 0 Å². The van der Waals surface area contributed by atoms with Crippen LogP contribution < -0.4 is 5.32 Å². The van der Waals surface area contributed by atoms with Crippen LogP contribution in [0.5, 0.6) is 0 Å². The molecule has 0 aliphatic rings. The lowest BCUT2D eigenvalue weighted by atomic mass is 10.1. The monoisotopic (exact) mass is 504 g/mol. The number of carbonyl (C=O) groups is 2. The van der Waals surface area contributed by atoms with E-state index in [0.29, 0.717) is 30.0 Å². The molecule has 190 valence electrons. The fourth-order valence-electron chi connectivity index (χ4n) is 4.26. The Morgan fingerprint density at radius 2 is 1.61 bits per heavy atom. The number of hydrogen-bond donors (Lipinski definition) is 1. The molecule has 0 bridgehead atoms. The molecule has 0 atom stereocenters. The maximum Gasteiger partial charge on any atom is 0.272 e. The highest BCUT2D eigenvalue weighted by atomic mass is 16.2. The van der Waals surface area contributed by atoms with Crippen LogP contribution in [0.25, 0.3) is 10.9 Å². The van der Waals surface area contributed by atoms with Gasteiger partial charge in [0, 0.05) is 30.7 Å². The number of aryl methyl sites for hydroxylation is 1. The van der Waals surface area contributed by atoms with Crippen LogP contribution in [0.4, 0.5) is 0 Å². The van der Waals surface area contributed by atoms with Gasteiger partial charge in [-0.3, -0.25) is 24.2 Å². The molecule has 0 saturated heterocycles. The van der Waals surface area contributed by atoms with E-state index in [9.17, 15) is 9.59 Å². The molecule has 38 heavy (non-hydrogen) atoms. The highest BCUT2D eigenvalue weighted by Gasteiger charge is 2.18. The van der Waals surface area contributed by atoms with Crippen LogP contribution in [0.2, 0.25) is 0 Å². The first kappa shape index (κ1) is 24.8. The minimum absolute atomic E-state index is 0.0397. The van der Waals surface area contributed by atoms with Crippen LogP contribution in [0.1, 0.15) is 43.4 Å². The topological polar surface area (TPSA) is 93.0 Å². The van der Waals surface area contributed by atoms with E-state index in [1.807, 2.05) is 90.5 Å². The van der Waals surface area contributed by atoms with Crippen molar-refractivity contribution in [2.45, 2.75) is 26.6 Å². The maximum absolute atomic E-state index is 13.0. The summed E-state index contributed by atoms with van der Waals surface area (Å²) in [5.74, 6) is -0.313. The summed E-state index contributed by atoms with van der Waals surface area (Å²) in [6.45, 7) is 3.14. The highest BCUT2D eigenvalue weighted by molar-refractivity contribution is 6.04. The number of benzene rings is 3. The van der Waals surface area contributed by atoms with Crippen molar-refractivity contribution >= 4 is 22.7 Å². The Morgan fingerprint density at radius 1 is 0.868 bits per heavy atom. The van der Waals surface area contributed by atoms with Crippen LogP contribution in [0.3, 0.4) is 0 Å². The lowest BCUT2D eigenvalue weighted by Crippen LogP contribution is -2.26. The molecule has 2 aromatic heterocycles. The SMILES string of the molecule is Cc1cnc(CNC(=O)c2nn(Cc3ccc(C(=O)N(C)Cc4ccccc4)cc3)c3ccccc23)cn1. The molecule has 2 amide bonds. The fraction of sp³-hybridized carbons (Fsp3) is 0.167. The predicted octanol–water partition coefficient (Wildman–Crippen LogP) is 4.39. The molecule has 5 aromatic rings. The number of carbonyl (C=O) groups excluding carboxylic acids is 2. The summed E-state index contributed by atoms with van der Waals surface area (Å²) in [6, 6.07) is 25.1. The molecule has 3 aromatic carbocycles. The number of aromatic nitrogens is 4. The van der Waals surface area contributed by atoms with Gasteiger partial charge in [0.2, 0.25) is 0 Å². The molecule has 5 rings (SSSR count). The summed E-state index contributed by atoms with van der Waals surface area (Å²) >= 11 is 0. The smallest absolute Gasteiger partial charge is 0.272 e. The van der Waals surface area contributed by atoms with Crippen molar-refractivity contribution in [3.63, 3.8) is 0 Å². The molecular formula is C30H28N6O2. The molecule has 1 N–H and O–H groups in total. The standard InChI is InChI=1S/C30H28N6O2/c1-21-16-32-25(17-31-21)18-33-29(37)28-26-10-6-7-11-27(26)36(34-28)20-23-12-14-24(15-13-23)30(38)35(2)19-22-8-4-3-5-9-22/h3-17H,18-20H2,1-2H3,(H,33,37). The molecule has 0 saturated carbocycles. The van der Waals surface area contributed by atoms with Crippen molar-refractivity contribution in [1.29, 1.82) is 0 Å². The number of para-hydroxylation sites is 1. The minimum Gasteiger partial charge on any atom is -0.345 e. The van der Waals surface area contributed by atoms with Crippen LogP contribution in [0, 0.1) is 6.92 Å². The van der Waals surface area contributed by atoms with E-state index in [-0.39, 0.29) is 18.4 Å². The van der Waals surface area contributed by atoms with Gasteiger partial charge in [0.1, 0.15) is 0 Å². The average Bonchev–Trinajstić information content (AvgIpc) is 3.31. The highest BCUT2D eigenvalue weighted by Crippen LogP contribution is 2.20. The van der Waals surface area contributed by atoms with Crippen molar-refractivity contribution in [2.24, 2.45) is 0 Å². The predicted molar refractivity (Wildman–Crippen MR) is 145 cm³/mol. The van der Waals surface area contributed by atoms with Crippen LogP contribution in [-0.4, -0.2) is 43.5 Å². The van der Waals surface area contributed by atoms with Crippen LogP contribution in [-0.2, 0) is 19.6 Å². The second-order valence-electron chi connectivity index (χ2n) is 9.20. The van der Waals surface area contributed by atoms with Crippen LogP contribution in [0.15, 0.2) is 91.3 Å². The molecular weight excluding hydrogens is 476 g/mol. The Kier molecular flexibility index (Phi) is 7.21. The summed E-state index contributed by atoms with van der Waals surface area (Å²) in [5, 5.41) is 8.30. The van der Waals surface area contributed by atoms with E-state index in [4.69, 9.17) is 0 Å². The lowest BCUT2D eigenvalue weighted by molar-refractivity contribution is 0.0784. The van der Waals surface area contributed by atoms with Gasteiger partial charge in [-0.15, -0.1) is 0 Å². The summed E-state index contributed by atoms with van der Waals surface area (Å²) in [6.07, 6.45) is 3.33. The normalized spacial score (nSPS) is 10.9. The van der Waals surface area contributed by atoms with Gasteiger partial charge in [-0.25, -0.2) is 0 Å². The summed E-state index contributed by atoms with van der Waals surface area (Å²) in [5.41, 5.74) is 5.39. The molecule has 0 aliphatic heterocycles. The number of hydrogen-bond acceptors (Lipinski definition) is 5. The summed E-state index contributed by atoms with van der Waals surface area (Å²) in [7, 11) is 1.80. The number of nitrogens with one attached hydrogen (secondary N) is 1. The first-order valence-electron chi connectivity index (χ1n) is 12.4. The number of fused-ring (bicyclic) bond motifs is 1. The molecule has 2 heterocycles. The van der Waals surface area contributed by atoms with Gasteiger partial charge in [-0.2, -0.15) is 5.10 Å². The Labute approximate surface area is 221 Å². The molecule has 8 nitrogen and oxygen atoms in total. The molecule has 0 unspecified atom stereocenters. The van der Waals surface area contributed by atoms with Gasteiger partial charge in [0.05, 0.1) is 36.2 Å². The van der Waals surface area contributed by atoms with Crippen molar-refractivity contribution in [2.75, 3.05) is 7.05 Å². The fourth-order valence-corrected chi connectivity index (χ4v) is 4.26. The van der Waals surface area contributed by atoms with Gasteiger partial charge in [0.15, 0.2) is 5.69 Å². The Hall–Kier alpha value is -4.85. The number of nitrogens with zero attached hydrogens (tertiary/aromatic N) is 5.